The third-order valence-electron chi connectivity index (χ3n) is 4.56. The number of benzene rings is 2. The molecule has 0 spiro atoms. The lowest BCUT2D eigenvalue weighted by atomic mass is 9.99. The number of hydrogen-bond acceptors (Lipinski definition) is 3. The summed E-state index contributed by atoms with van der Waals surface area (Å²) in [6.45, 7) is 3.18. The highest BCUT2D eigenvalue weighted by Crippen LogP contribution is 2.25. The summed E-state index contributed by atoms with van der Waals surface area (Å²) in [5.74, 6) is 0.0358. The lowest BCUT2D eigenvalue weighted by Gasteiger charge is -2.06. The van der Waals surface area contributed by atoms with Crippen LogP contribution in [0.25, 0.3) is 16.7 Å². The van der Waals surface area contributed by atoms with Gasteiger partial charge < -0.3 is 15.1 Å². The van der Waals surface area contributed by atoms with Crippen molar-refractivity contribution < 1.29 is 9.90 Å². The molecule has 0 aliphatic carbocycles. The molecule has 0 aliphatic heterocycles. The van der Waals surface area contributed by atoms with Crippen molar-refractivity contribution in [3.05, 3.63) is 95.8 Å². The summed E-state index contributed by atoms with van der Waals surface area (Å²) in [4.78, 5) is 13.5. The van der Waals surface area contributed by atoms with Gasteiger partial charge in [-0.2, -0.15) is 0 Å². The predicted octanol–water partition coefficient (Wildman–Crippen LogP) is 5.04. The van der Waals surface area contributed by atoms with E-state index in [0.717, 1.165) is 29.2 Å². The van der Waals surface area contributed by atoms with E-state index < -0.39 is 5.97 Å². The topological polar surface area (TPSA) is 79.0 Å². The summed E-state index contributed by atoms with van der Waals surface area (Å²) in [6, 6.07) is 22.4. The monoisotopic (exact) mass is 385 g/mol. The summed E-state index contributed by atoms with van der Waals surface area (Å²) in [7, 11) is 0. The second-order valence-electron chi connectivity index (χ2n) is 6.72. The SMILES string of the molecule is CC(=O)O.Cc1ccccc1CC(=N)c1cn(-c2ccccn2)c2ccccc12. The number of nitrogens with one attached hydrogen (secondary N) is 1. The highest BCUT2D eigenvalue weighted by molar-refractivity contribution is 6.10. The Labute approximate surface area is 169 Å². The molecule has 4 rings (SSSR count). The first-order valence-corrected chi connectivity index (χ1v) is 9.30. The molecule has 5 heteroatoms. The molecule has 0 atom stereocenters. The zero-order valence-electron chi connectivity index (χ0n) is 16.5. The molecule has 0 fully saturated rings. The van der Waals surface area contributed by atoms with Crippen LogP contribution < -0.4 is 0 Å². The number of nitrogens with zero attached hydrogens (tertiary/aromatic N) is 2. The van der Waals surface area contributed by atoms with Crippen LogP contribution in [0.2, 0.25) is 0 Å². The maximum atomic E-state index is 9.00. The Balaban J connectivity index is 0.000000552. The number of rotatable bonds is 4. The first kappa shape index (κ1) is 20.0. The average molecular weight is 385 g/mol. The van der Waals surface area contributed by atoms with Crippen LogP contribution in [0.3, 0.4) is 0 Å². The van der Waals surface area contributed by atoms with Gasteiger partial charge in [-0.15, -0.1) is 0 Å². The van der Waals surface area contributed by atoms with Gasteiger partial charge in [-0.25, -0.2) is 4.98 Å². The van der Waals surface area contributed by atoms with E-state index >= 15 is 0 Å². The van der Waals surface area contributed by atoms with Gasteiger partial charge in [0.2, 0.25) is 0 Å². The third-order valence-corrected chi connectivity index (χ3v) is 4.56. The number of carboxylic acids is 1. The number of aromatic nitrogens is 2. The van der Waals surface area contributed by atoms with E-state index in [0.29, 0.717) is 12.1 Å². The van der Waals surface area contributed by atoms with Gasteiger partial charge in [-0.3, -0.25) is 4.79 Å². The Kier molecular flexibility index (Phi) is 6.19. The van der Waals surface area contributed by atoms with Crippen LogP contribution in [0.15, 0.2) is 79.1 Å². The zero-order valence-corrected chi connectivity index (χ0v) is 16.5. The van der Waals surface area contributed by atoms with Gasteiger partial charge in [0, 0.05) is 42.4 Å². The van der Waals surface area contributed by atoms with E-state index in [1.165, 1.54) is 11.1 Å². The molecular weight excluding hydrogens is 362 g/mol. The van der Waals surface area contributed by atoms with Gasteiger partial charge in [0.25, 0.3) is 5.97 Å². The molecule has 0 amide bonds. The van der Waals surface area contributed by atoms with Crippen molar-refractivity contribution in [1.82, 2.24) is 9.55 Å². The number of pyridine rings is 1. The van der Waals surface area contributed by atoms with Gasteiger partial charge in [0.1, 0.15) is 5.82 Å². The molecule has 0 saturated heterocycles. The van der Waals surface area contributed by atoms with Gasteiger partial charge in [0.05, 0.1) is 5.52 Å². The minimum Gasteiger partial charge on any atom is -0.481 e. The summed E-state index contributed by atoms with van der Waals surface area (Å²) in [6.07, 6.45) is 4.46. The molecule has 0 radical (unpaired) electrons. The lowest BCUT2D eigenvalue weighted by Crippen LogP contribution is -2.04. The van der Waals surface area contributed by atoms with Crippen molar-refractivity contribution >= 4 is 22.6 Å². The molecule has 0 unspecified atom stereocenters. The number of aryl methyl sites for hydroxylation is 1. The minimum atomic E-state index is -0.833. The van der Waals surface area contributed by atoms with Crippen molar-refractivity contribution in [3.8, 4) is 5.82 Å². The summed E-state index contributed by atoms with van der Waals surface area (Å²) in [5, 5.41) is 17.2. The summed E-state index contributed by atoms with van der Waals surface area (Å²) >= 11 is 0. The molecule has 5 nitrogen and oxygen atoms in total. The van der Waals surface area contributed by atoms with Crippen LogP contribution in [0.4, 0.5) is 0 Å². The molecule has 2 heterocycles. The highest BCUT2D eigenvalue weighted by atomic mass is 16.4. The standard InChI is InChI=1S/C22H19N3.C2H4O2/c1-16-8-2-3-9-17(16)14-20(23)19-15-25(22-12-6-7-13-24-22)21-11-5-4-10-18(19)21;1-2(3)4/h2-13,15,23H,14H2,1H3;1H3,(H,3,4). The molecule has 0 saturated carbocycles. The van der Waals surface area contributed by atoms with Crippen molar-refractivity contribution in [2.24, 2.45) is 0 Å². The molecule has 29 heavy (non-hydrogen) atoms. The summed E-state index contributed by atoms with van der Waals surface area (Å²) < 4.78 is 2.07. The number of aliphatic carboxylic acids is 1. The Morgan fingerprint density at radius 2 is 1.69 bits per heavy atom. The molecule has 4 aromatic rings. The van der Waals surface area contributed by atoms with E-state index in [4.69, 9.17) is 15.3 Å². The normalized spacial score (nSPS) is 10.3. The zero-order chi connectivity index (χ0) is 20.8. The van der Waals surface area contributed by atoms with Gasteiger partial charge in [-0.05, 0) is 36.2 Å². The van der Waals surface area contributed by atoms with Crippen LogP contribution in [0.1, 0.15) is 23.6 Å². The Bertz CT molecular complexity index is 1140. The summed E-state index contributed by atoms with van der Waals surface area (Å²) in [5.41, 5.74) is 5.08. The van der Waals surface area contributed by atoms with E-state index in [9.17, 15) is 0 Å². The number of para-hydroxylation sites is 1. The second kappa shape index (κ2) is 8.97. The molecule has 0 aliphatic rings. The number of carboxylic acid groups (broad SMARTS) is 1. The Morgan fingerprint density at radius 1 is 1.03 bits per heavy atom. The quantitative estimate of drug-likeness (QED) is 0.483. The van der Waals surface area contributed by atoms with E-state index in [-0.39, 0.29) is 0 Å². The van der Waals surface area contributed by atoms with Crippen LogP contribution in [-0.4, -0.2) is 26.3 Å². The fourth-order valence-electron chi connectivity index (χ4n) is 3.20. The van der Waals surface area contributed by atoms with Crippen molar-refractivity contribution in [3.63, 3.8) is 0 Å². The van der Waals surface area contributed by atoms with Gasteiger partial charge in [0.15, 0.2) is 0 Å². The van der Waals surface area contributed by atoms with Crippen molar-refractivity contribution in [1.29, 1.82) is 5.41 Å². The maximum absolute atomic E-state index is 9.00. The maximum Gasteiger partial charge on any atom is 0.300 e. The number of fused-ring (bicyclic) bond motifs is 1. The number of hydrogen-bond donors (Lipinski definition) is 2. The fourth-order valence-corrected chi connectivity index (χ4v) is 3.20. The predicted molar refractivity (Wildman–Crippen MR) is 116 cm³/mol. The van der Waals surface area contributed by atoms with Gasteiger partial charge >= 0.3 is 0 Å². The largest absolute Gasteiger partial charge is 0.481 e. The van der Waals surface area contributed by atoms with Crippen LogP contribution in [-0.2, 0) is 11.2 Å². The first-order chi connectivity index (χ1) is 14.0. The van der Waals surface area contributed by atoms with Gasteiger partial charge in [-0.1, -0.05) is 48.5 Å². The van der Waals surface area contributed by atoms with Crippen LogP contribution in [0.5, 0.6) is 0 Å². The van der Waals surface area contributed by atoms with Crippen LogP contribution >= 0.6 is 0 Å². The molecule has 2 aromatic carbocycles. The van der Waals surface area contributed by atoms with Crippen molar-refractivity contribution in [2.75, 3.05) is 0 Å². The third kappa shape index (κ3) is 4.76. The molecular formula is C24H23N3O2. The molecule has 2 aromatic heterocycles. The fraction of sp³-hybridized carbons (Fsp3) is 0.125. The number of carbonyl (C=O) groups is 1. The van der Waals surface area contributed by atoms with E-state index in [1.54, 1.807) is 6.20 Å². The van der Waals surface area contributed by atoms with Crippen LogP contribution in [0, 0.1) is 12.3 Å². The Morgan fingerprint density at radius 3 is 2.38 bits per heavy atom. The second-order valence-corrected chi connectivity index (χ2v) is 6.72. The van der Waals surface area contributed by atoms with E-state index in [2.05, 4.69) is 40.7 Å². The lowest BCUT2D eigenvalue weighted by molar-refractivity contribution is -0.134. The molecule has 0 bridgehead atoms. The highest BCUT2D eigenvalue weighted by Gasteiger charge is 2.14. The molecule has 146 valence electrons. The Hall–Kier alpha value is -3.73. The minimum absolute atomic E-state index is 0.625. The first-order valence-electron chi connectivity index (χ1n) is 9.30. The van der Waals surface area contributed by atoms with E-state index in [1.807, 2.05) is 48.7 Å². The average Bonchev–Trinajstić information content (AvgIpc) is 3.10. The van der Waals surface area contributed by atoms with Crippen molar-refractivity contribution in [2.45, 2.75) is 20.3 Å². The smallest absolute Gasteiger partial charge is 0.300 e. The molecule has 2 N–H and O–H groups in total.